The van der Waals surface area contributed by atoms with E-state index in [1.54, 1.807) is 55.6 Å². The van der Waals surface area contributed by atoms with Crippen LogP contribution in [0.25, 0.3) is 16.5 Å². The van der Waals surface area contributed by atoms with Gasteiger partial charge in [-0.3, -0.25) is 14.5 Å². The molecule has 1 N–H and O–H groups in total. The lowest BCUT2D eigenvalue weighted by atomic mass is 9.91. The van der Waals surface area contributed by atoms with E-state index in [4.69, 9.17) is 9.47 Å². The molecular formula is C30H25NO5. The number of aliphatic hydroxyl groups excluding tert-OH is 1. The summed E-state index contributed by atoms with van der Waals surface area (Å²) in [7, 11) is 1.56. The third kappa shape index (κ3) is 3.96. The molecule has 36 heavy (non-hydrogen) atoms. The average molecular weight is 480 g/mol. The fraction of sp³-hybridized carbons (Fsp3) is 0.133. The number of carbonyl (C=O) groups excluding carboxylic acids is 2. The highest BCUT2D eigenvalue weighted by atomic mass is 16.5. The number of hydrogen-bond acceptors (Lipinski definition) is 5. The van der Waals surface area contributed by atoms with Crippen LogP contribution in [0.15, 0.2) is 96.6 Å². The van der Waals surface area contributed by atoms with Gasteiger partial charge >= 0.3 is 0 Å². The molecule has 5 rings (SSSR count). The first-order valence-electron chi connectivity index (χ1n) is 11.7. The zero-order valence-electron chi connectivity index (χ0n) is 20.0. The maximum Gasteiger partial charge on any atom is 0.300 e. The van der Waals surface area contributed by atoms with Crippen molar-refractivity contribution in [1.82, 2.24) is 0 Å². The molecule has 1 aliphatic heterocycles. The lowest BCUT2D eigenvalue weighted by molar-refractivity contribution is -0.132. The molecule has 1 atom stereocenters. The highest BCUT2D eigenvalue weighted by molar-refractivity contribution is 6.51. The van der Waals surface area contributed by atoms with Crippen molar-refractivity contribution >= 4 is 33.9 Å². The highest BCUT2D eigenvalue weighted by Gasteiger charge is 2.47. The van der Waals surface area contributed by atoms with Gasteiger partial charge in [-0.25, -0.2) is 0 Å². The van der Waals surface area contributed by atoms with E-state index in [-0.39, 0.29) is 11.3 Å². The van der Waals surface area contributed by atoms with Gasteiger partial charge in [0.25, 0.3) is 11.7 Å². The van der Waals surface area contributed by atoms with E-state index in [9.17, 15) is 14.7 Å². The minimum atomic E-state index is -0.833. The van der Waals surface area contributed by atoms with Gasteiger partial charge in [0.15, 0.2) is 0 Å². The molecule has 0 radical (unpaired) electrons. The van der Waals surface area contributed by atoms with Crippen LogP contribution in [0.5, 0.6) is 11.5 Å². The zero-order chi connectivity index (χ0) is 25.2. The molecule has 0 saturated carbocycles. The number of carbonyl (C=O) groups is 2. The summed E-state index contributed by atoms with van der Waals surface area (Å²) in [4.78, 5) is 28.4. The van der Waals surface area contributed by atoms with Gasteiger partial charge in [-0.15, -0.1) is 0 Å². The number of ketones is 1. The highest BCUT2D eigenvalue weighted by Crippen LogP contribution is 2.44. The minimum Gasteiger partial charge on any atom is -0.507 e. The number of amides is 1. The Morgan fingerprint density at radius 1 is 0.889 bits per heavy atom. The monoisotopic (exact) mass is 479 g/mol. The van der Waals surface area contributed by atoms with E-state index in [0.29, 0.717) is 29.4 Å². The van der Waals surface area contributed by atoms with Crippen LogP contribution in [-0.4, -0.2) is 30.5 Å². The largest absolute Gasteiger partial charge is 0.507 e. The predicted molar refractivity (Wildman–Crippen MR) is 139 cm³/mol. The molecular weight excluding hydrogens is 454 g/mol. The molecule has 0 aliphatic carbocycles. The molecule has 1 heterocycles. The number of Topliss-reactive ketones (excluding diaryl/α,β-unsaturated/α-hetero) is 1. The summed E-state index contributed by atoms with van der Waals surface area (Å²) < 4.78 is 10.8. The molecule has 1 aliphatic rings. The molecule has 6 heteroatoms. The summed E-state index contributed by atoms with van der Waals surface area (Å²) in [6.07, 6.45) is 0. The van der Waals surface area contributed by atoms with Crippen molar-refractivity contribution in [3.8, 4) is 11.5 Å². The summed E-state index contributed by atoms with van der Waals surface area (Å²) >= 11 is 0. The molecule has 4 aromatic rings. The summed E-state index contributed by atoms with van der Waals surface area (Å²) in [5, 5.41) is 13.3. The topological polar surface area (TPSA) is 76.1 Å². The number of ether oxygens (including phenoxy) is 2. The fourth-order valence-corrected chi connectivity index (χ4v) is 4.68. The van der Waals surface area contributed by atoms with Crippen molar-refractivity contribution in [1.29, 1.82) is 0 Å². The smallest absolute Gasteiger partial charge is 0.300 e. The summed E-state index contributed by atoms with van der Waals surface area (Å²) in [5.74, 6) is -0.509. The van der Waals surface area contributed by atoms with Gasteiger partial charge in [-0.2, -0.15) is 0 Å². The number of anilines is 1. The van der Waals surface area contributed by atoms with Crippen LogP contribution in [-0.2, 0) is 9.59 Å². The molecule has 1 unspecified atom stereocenters. The molecule has 4 aromatic carbocycles. The molecule has 1 amide bonds. The van der Waals surface area contributed by atoms with Gasteiger partial charge in [-0.05, 0) is 59.7 Å². The van der Waals surface area contributed by atoms with Crippen LogP contribution < -0.4 is 14.4 Å². The Balaban J connectivity index is 1.76. The molecule has 0 aromatic heterocycles. The number of rotatable bonds is 6. The lowest BCUT2D eigenvalue weighted by Gasteiger charge is -2.26. The van der Waals surface area contributed by atoms with Crippen LogP contribution in [0.1, 0.15) is 24.1 Å². The summed E-state index contributed by atoms with van der Waals surface area (Å²) in [5.41, 5.74) is 1.70. The second-order valence-electron chi connectivity index (χ2n) is 8.40. The molecule has 0 spiro atoms. The van der Waals surface area contributed by atoms with Crippen LogP contribution in [0.2, 0.25) is 0 Å². The summed E-state index contributed by atoms with van der Waals surface area (Å²) in [6, 6.07) is 26.5. The molecule has 6 nitrogen and oxygen atoms in total. The molecule has 0 bridgehead atoms. The number of aliphatic hydroxyl groups is 1. The van der Waals surface area contributed by atoms with Crippen molar-refractivity contribution in [3.63, 3.8) is 0 Å². The maximum atomic E-state index is 13.5. The number of benzene rings is 4. The average Bonchev–Trinajstić information content (AvgIpc) is 3.18. The van der Waals surface area contributed by atoms with E-state index in [1.165, 1.54) is 4.90 Å². The van der Waals surface area contributed by atoms with Gasteiger partial charge < -0.3 is 14.6 Å². The zero-order valence-corrected chi connectivity index (χ0v) is 20.0. The first-order valence-corrected chi connectivity index (χ1v) is 11.7. The Hall–Kier alpha value is -4.58. The number of nitrogens with zero attached hydrogens (tertiary/aromatic N) is 1. The molecule has 1 fully saturated rings. The Bertz CT molecular complexity index is 1480. The normalized spacial score (nSPS) is 16.9. The van der Waals surface area contributed by atoms with E-state index >= 15 is 0 Å². The second-order valence-corrected chi connectivity index (χ2v) is 8.40. The van der Waals surface area contributed by atoms with Gasteiger partial charge in [0.05, 0.1) is 25.3 Å². The third-order valence-corrected chi connectivity index (χ3v) is 6.33. The number of hydrogen-bond donors (Lipinski definition) is 1. The number of methoxy groups -OCH3 is 1. The fourth-order valence-electron chi connectivity index (χ4n) is 4.68. The minimum absolute atomic E-state index is 0.0285. The second kappa shape index (κ2) is 9.58. The van der Waals surface area contributed by atoms with Crippen molar-refractivity contribution in [3.05, 3.63) is 108 Å². The van der Waals surface area contributed by atoms with E-state index in [2.05, 4.69) is 0 Å². The molecule has 180 valence electrons. The standard InChI is InChI=1S/C30H25NO5/c1-3-36-23-11-6-10-20(18-23)28(32)26-27(25-13-7-9-19-8-4-5-12-24(19)25)31(30(34)29(26)33)21-14-16-22(35-2)17-15-21/h4-18,27,32H,3H2,1-2H3/b28-26-. The van der Waals surface area contributed by atoms with Crippen molar-refractivity contribution < 1.29 is 24.2 Å². The Kier molecular flexibility index (Phi) is 6.17. The maximum absolute atomic E-state index is 13.5. The first kappa shape index (κ1) is 23.2. The van der Waals surface area contributed by atoms with Crippen molar-refractivity contribution in [2.75, 3.05) is 18.6 Å². The van der Waals surface area contributed by atoms with E-state index < -0.39 is 17.7 Å². The quantitative estimate of drug-likeness (QED) is 0.213. The number of fused-ring (bicyclic) bond motifs is 1. The SMILES string of the molecule is CCOc1cccc(/C(O)=C2/C(=O)C(=O)N(c3ccc(OC)cc3)C2c2cccc3ccccc23)c1. The Labute approximate surface area is 209 Å². The van der Waals surface area contributed by atoms with Crippen molar-refractivity contribution in [2.24, 2.45) is 0 Å². The van der Waals surface area contributed by atoms with E-state index in [0.717, 1.165) is 16.3 Å². The van der Waals surface area contributed by atoms with Crippen LogP contribution in [0.4, 0.5) is 5.69 Å². The third-order valence-electron chi connectivity index (χ3n) is 6.33. The lowest BCUT2D eigenvalue weighted by Crippen LogP contribution is -2.29. The predicted octanol–water partition coefficient (Wildman–Crippen LogP) is 5.87. The summed E-state index contributed by atoms with van der Waals surface area (Å²) in [6.45, 7) is 2.33. The van der Waals surface area contributed by atoms with Gasteiger partial charge in [0.1, 0.15) is 17.3 Å². The first-order chi connectivity index (χ1) is 17.5. The Morgan fingerprint density at radius 3 is 2.36 bits per heavy atom. The van der Waals surface area contributed by atoms with Gasteiger partial charge in [-0.1, -0.05) is 54.6 Å². The van der Waals surface area contributed by atoms with Crippen LogP contribution in [0, 0.1) is 0 Å². The van der Waals surface area contributed by atoms with Crippen molar-refractivity contribution in [2.45, 2.75) is 13.0 Å². The molecule has 1 saturated heterocycles. The van der Waals surface area contributed by atoms with Crippen LogP contribution in [0.3, 0.4) is 0 Å². The Morgan fingerprint density at radius 2 is 1.61 bits per heavy atom. The van der Waals surface area contributed by atoms with E-state index in [1.807, 2.05) is 49.4 Å². The van der Waals surface area contributed by atoms with Gasteiger partial charge in [0, 0.05) is 11.3 Å². The van der Waals surface area contributed by atoms with Crippen LogP contribution >= 0.6 is 0 Å². The van der Waals surface area contributed by atoms with Gasteiger partial charge in [0.2, 0.25) is 0 Å².